The van der Waals surface area contributed by atoms with E-state index in [4.69, 9.17) is 0 Å². The molecule has 0 aromatic carbocycles. The maximum Gasteiger partial charge on any atom is 0.130 e. The van der Waals surface area contributed by atoms with Crippen LogP contribution in [-0.2, 0) is 0 Å². The van der Waals surface area contributed by atoms with Gasteiger partial charge in [-0.1, -0.05) is 12.5 Å². The highest BCUT2D eigenvalue weighted by atomic mass is 19.1. The number of allylic oxidation sites excluding steroid dienone is 4. The Hall–Kier alpha value is -0.660. The van der Waals surface area contributed by atoms with Gasteiger partial charge in [-0.05, 0) is 31.9 Å². The molecule has 0 saturated carbocycles. The summed E-state index contributed by atoms with van der Waals surface area (Å²) in [6, 6.07) is 0. The average molecular weight is 172 g/mol. The minimum atomic E-state index is -1.14. The maximum atomic E-state index is 13.3. The Morgan fingerprint density at radius 2 is 1.58 bits per heavy atom. The first kappa shape index (κ1) is 9.43. The molecule has 2 atom stereocenters. The molecular weight excluding hydrogens is 158 g/mol. The summed E-state index contributed by atoms with van der Waals surface area (Å²) >= 11 is 0. The molecule has 0 saturated heterocycles. The average Bonchev–Trinajstić information content (AvgIpc) is 2.08. The van der Waals surface area contributed by atoms with Crippen LogP contribution < -0.4 is 0 Å². The van der Waals surface area contributed by atoms with Gasteiger partial charge in [0.1, 0.15) is 12.0 Å². The summed E-state index contributed by atoms with van der Waals surface area (Å²) < 4.78 is 26.5. The molecule has 0 nitrogen and oxygen atoms in total. The Morgan fingerprint density at radius 3 is 2.08 bits per heavy atom. The van der Waals surface area contributed by atoms with Crippen molar-refractivity contribution in [2.45, 2.75) is 33.9 Å². The van der Waals surface area contributed by atoms with Gasteiger partial charge in [-0.2, -0.15) is 0 Å². The quantitative estimate of drug-likeness (QED) is 0.524. The van der Waals surface area contributed by atoms with Crippen LogP contribution in [0.15, 0.2) is 22.5 Å². The minimum absolute atomic E-state index is 0.176. The summed E-state index contributed by atoms with van der Waals surface area (Å²) in [7, 11) is 0. The van der Waals surface area contributed by atoms with E-state index in [0.717, 1.165) is 5.57 Å². The van der Waals surface area contributed by atoms with Crippen molar-refractivity contribution in [2.24, 2.45) is 5.92 Å². The van der Waals surface area contributed by atoms with Gasteiger partial charge in [0.2, 0.25) is 0 Å². The lowest BCUT2D eigenvalue weighted by Gasteiger charge is -2.25. The first-order chi connectivity index (χ1) is 5.46. The van der Waals surface area contributed by atoms with Crippen molar-refractivity contribution in [3.8, 4) is 0 Å². The monoisotopic (exact) mass is 172 g/mol. The van der Waals surface area contributed by atoms with Crippen LogP contribution >= 0.6 is 0 Å². The molecule has 0 N–H and O–H groups in total. The molecule has 2 unspecified atom stereocenters. The van der Waals surface area contributed by atoms with E-state index in [9.17, 15) is 8.78 Å². The summed E-state index contributed by atoms with van der Waals surface area (Å²) in [5, 5.41) is 0. The van der Waals surface area contributed by atoms with E-state index >= 15 is 0 Å². The third kappa shape index (κ3) is 1.19. The van der Waals surface area contributed by atoms with Crippen LogP contribution in [0.3, 0.4) is 0 Å². The van der Waals surface area contributed by atoms with Crippen molar-refractivity contribution in [3.63, 3.8) is 0 Å². The number of rotatable bonds is 0. The number of halogens is 2. The van der Waals surface area contributed by atoms with Crippen LogP contribution in [0.1, 0.15) is 27.7 Å². The molecule has 1 aliphatic carbocycles. The van der Waals surface area contributed by atoms with Crippen molar-refractivity contribution >= 4 is 0 Å². The first-order valence-corrected chi connectivity index (χ1v) is 4.15. The highest BCUT2D eigenvalue weighted by Gasteiger charge is 2.29. The van der Waals surface area contributed by atoms with Crippen LogP contribution in [0.5, 0.6) is 0 Å². The van der Waals surface area contributed by atoms with E-state index in [1.807, 2.05) is 0 Å². The van der Waals surface area contributed by atoms with Gasteiger partial charge in [0.15, 0.2) is 0 Å². The molecule has 12 heavy (non-hydrogen) atoms. The highest BCUT2D eigenvalue weighted by Crippen LogP contribution is 2.36. The van der Waals surface area contributed by atoms with E-state index < -0.39 is 6.17 Å². The van der Waals surface area contributed by atoms with Crippen LogP contribution in [0.25, 0.3) is 0 Å². The predicted octanol–water partition coefficient (Wildman–Crippen LogP) is 3.55. The topological polar surface area (TPSA) is 0 Å². The molecular formula is C10H14F2. The van der Waals surface area contributed by atoms with Crippen LogP contribution in [0, 0.1) is 5.92 Å². The number of hydrogen-bond acceptors (Lipinski definition) is 0. The van der Waals surface area contributed by atoms with Crippen LogP contribution in [0.4, 0.5) is 8.78 Å². The summed E-state index contributed by atoms with van der Waals surface area (Å²) in [5.41, 5.74) is 1.67. The summed E-state index contributed by atoms with van der Waals surface area (Å²) in [6.07, 6.45) is -1.14. The molecule has 2 heteroatoms. The Bertz CT molecular complexity index is 233. The fraction of sp³-hybridized carbons (Fsp3) is 0.600. The van der Waals surface area contributed by atoms with Gasteiger partial charge in [0.25, 0.3) is 0 Å². The fourth-order valence-electron chi connectivity index (χ4n) is 1.53. The van der Waals surface area contributed by atoms with E-state index in [0.29, 0.717) is 5.57 Å². The Labute approximate surface area is 72.0 Å². The third-order valence-electron chi connectivity index (χ3n) is 2.80. The van der Waals surface area contributed by atoms with Gasteiger partial charge in [-0.3, -0.25) is 0 Å². The lowest BCUT2D eigenvalue weighted by molar-refractivity contribution is 0.295. The third-order valence-corrected chi connectivity index (χ3v) is 2.80. The zero-order valence-corrected chi connectivity index (χ0v) is 7.91. The molecule has 0 bridgehead atoms. The van der Waals surface area contributed by atoms with Crippen molar-refractivity contribution in [1.29, 1.82) is 0 Å². The maximum absolute atomic E-state index is 13.3. The van der Waals surface area contributed by atoms with Crippen molar-refractivity contribution in [2.75, 3.05) is 0 Å². The lowest BCUT2D eigenvalue weighted by Crippen LogP contribution is -2.21. The van der Waals surface area contributed by atoms with Gasteiger partial charge < -0.3 is 0 Å². The second kappa shape index (κ2) is 3.00. The molecule has 0 aromatic heterocycles. The largest absolute Gasteiger partial charge is 0.242 e. The molecule has 0 amide bonds. The smallest absolute Gasteiger partial charge is 0.130 e. The number of alkyl halides is 1. The lowest BCUT2D eigenvalue weighted by atomic mass is 9.84. The van der Waals surface area contributed by atoms with Gasteiger partial charge >= 0.3 is 0 Å². The Morgan fingerprint density at radius 1 is 1.08 bits per heavy atom. The van der Waals surface area contributed by atoms with Crippen molar-refractivity contribution in [1.82, 2.24) is 0 Å². The second-order valence-corrected chi connectivity index (χ2v) is 3.50. The van der Waals surface area contributed by atoms with Gasteiger partial charge in [-0.15, -0.1) is 0 Å². The van der Waals surface area contributed by atoms with Crippen LogP contribution in [0.2, 0.25) is 0 Å². The van der Waals surface area contributed by atoms with Crippen LogP contribution in [-0.4, -0.2) is 6.17 Å². The normalized spacial score (nSPS) is 31.5. The molecule has 0 radical (unpaired) electrons. The first-order valence-electron chi connectivity index (χ1n) is 4.15. The minimum Gasteiger partial charge on any atom is -0.242 e. The van der Waals surface area contributed by atoms with Gasteiger partial charge in [0.05, 0.1) is 0 Å². The fourth-order valence-corrected chi connectivity index (χ4v) is 1.53. The molecule has 0 heterocycles. The molecule has 0 fully saturated rings. The summed E-state index contributed by atoms with van der Waals surface area (Å²) in [5.74, 6) is -0.539. The predicted molar refractivity (Wildman–Crippen MR) is 46.2 cm³/mol. The Balaban J connectivity index is 3.18. The van der Waals surface area contributed by atoms with Gasteiger partial charge in [0, 0.05) is 5.92 Å². The summed E-state index contributed by atoms with van der Waals surface area (Å²) in [6.45, 7) is 6.81. The zero-order valence-electron chi connectivity index (χ0n) is 7.91. The molecule has 0 aliphatic heterocycles. The molecule has 0 spiro atoms. The standard InChI is InChI=1S/C10H14F2/c1-5-6(2)9(11)8(4)10(12)7(5)3/h6,9H,1-4H3. The van der Waals surface area contributed by atoms with Crippen molar-refractivity contribution < 1.29 is 8.78 Å². The molecule has 1 rings (SSSR count). The SMILES string of the molecule is CC1=C(C)C(C)C(F)C(C)=C1F. The summed E-state index contributed by atoms with van der Waals surface area (Å²) in [4.78, 5) is 0. The second-order valence-electron chi connectivity index (χ2n) is 3.50. The van der Waals surface area contributed by atoms with E-state index in [2.05, 4.69) is 0 Å². The molecule has 68 valence electrons. The van der Waals surface area contributed by atoms with E-state index in [1.54, 1.807) is 20.8 Å². The van der Waals surface area contributed by atoms with Gasteiger partial charge in [-0.25, -0.2) is 8.78 Å². The molecule has 0 aromatic rings. The highest BCUT2D eigenvalue weighted by molar-refractivity contribution is 5.39. The zero-order chi connectivity index (χ0) is 9.46. The Kier molecular flexibility index (Phi) is 2.36. The van der Waals surface area contributed by atoms with E-state index in [1.165, 1.54) is 6.92 Å². The molecule has 1 aliphatic rings. The van der Waals surface area contributed by atoms with Crippen molar-refractivity contribution in [3.05, 3.63) is 22.5 Å². The van der Waals surface area contributed by atoms with E-state index in [-0.39, 0.29) is 17.3 Å². The number of hydrogen-bond donors (Lipinski definition) is 0.